The highest BCUT2D eigenvalue weighted by atomic mass is 16.2. The summed E-state index contributed by atoms with van der Waals surface area (Å²) in [6, 6.07) is 8.64. The number of likely N-dealkylation sites (N-methyl/N-ethyl adjacent to an activating group) is 1. The lowest BCUT2D eigenvalue weighted by molar-refractivity contribution is -0.134. The number of amides is 1. The monoisotopic (exact) mass is 384 g/mol. The highest BCUT2D eigenvalue weighted by Gasteiger charge is 2.48. The third-order valence-electron chi connectivity index (χ3n) is 7.09. The van der Waals surface area contributed by atoms with Crippen LogP contribution in [0, 0.1) is 0 Å². The molecule has 4 rings (SSSR count). The van der Waals surface area contributed by atoms with E-state index in [2.05, 4.69) is 51.2 Å². The molecule has 0 saturated carbocycles. The molecule has 1 amide bonds. The first-order chi connectivity index (χ1) is 13.7. The number of rotatable bonds is 6. The van der Waals surface area contributed by atoms with Crippen LogP contribution in [0.4, 0.5) is 0 Å². The van der Waals surface area contributed by atoms with Crippen molar-refractivity contribution >= 4 is 5.91 Å². The number of nitrogens with one attached hydrogen (secondary N) is 1. The van der Waals surface area contributed by atoms with Gasteiger partial charge in [0.1, 0.15) is 5.54 Å². The van der Waals surface area contributed by atoms with Gasteiger partial charge in [0.25, 0.3) is 0 Å². The van der Waals surface area contributed by atoms with Crippen LogP contribution in [-0.2, 0) is 17.6 Å². The molecule has 0 radical (unpaired) electrons. The SMILES string of the molecule is CCN1CCN(C2(C(=O)NCCN3CCCCC3)Cc3ccccc3C2)CC1. The van der Waals surface area contributed by atoms with E-state index < -0.39 is 5.54 Å². The average molecular weight is 385 g/mol. The fourth-order valence-corrected chi connectivity index (χ4v) is 5.29. The van der Waals surface area contributed by atoms with Gasteiger partial charge in [0.05, 0.1) is 0 Å². The molecule has 2 aliphatic heterocycles. The second-order valence-corrected chi connectivity index (χ2v) is 8.73. The van der Waals surface area contributed by atoms with Crippen molar-refractivity contribution in [2.45, 2.75) is 44.6 Å². The Morgan fingerprint density at radius 2 is 1.57 bits per heavy atom. The molecule has 5 heteroatoms. The number of piperidine rings is 1. The van der Waals surface area contributed by atoms with Gasteiger partial charge >= 0.3 is 0 Å². The molecule has 2 heterocycles. The van der Waals surface area contributed by atoms with Crippen LogP contribution in [0.1, 0.15) is 37.3 Å². The van der Waals surface area contributed by atoms with Crippen molar-refractivity contribution in [2.75, 3.05) is 58.9 Å². The number of likely N-dealkylation sites (tertiary alicyclic amines) is 1. The van der Waals surface area contributed by atoms with Crippen LogP contribution < -0.4 is 5.32 Å². The lowest BCUT2D eigenvalue weighted by Gasteiger charge is -2.44. The first-order valence-corrected chi connectivity index (χ1v) is 11.3. The van der Waals surface area contributed by atoms with Crippen LogP contribution in [0.25, 0.3) is 0 Å². The second-order valence-electron chi connectivity index (χ2n) is 8.73. The summed E-state index contributed by atoms with van der Waals surface area (Å²) >= 11 is 0. The zero-order chi connectivity index (χ0) is 19.4. The molecule has 0 bridgehead atoms. The van der Waals surface area contributed by atoms with Crippen molar-refractivity contribution in [1.82, 2.24) is 20.0 Å². The van der Waals surface area contributed by atoms with E-state index in [1.165, 1.54) is 43.5 Å². The van der Waals surface area contributed by atoms with Crippen LogP contribution in [0.15, 0.2) is 24.3 Å². The number of carbonyl (C=O) groups excluding carboxylic acids is 1. The van der Waals surface area contributed by atoms with E-state index in [1.54, 1.807) is 0 Å². The predicted molar refractivity (Wildman–Crippen MR) is 114 cm³/mol. The Labute approximate surface area is 170 Å². The van der Waals surface area contributed by atoms with Crippen LogP contribution in [0.3, 0.4) is 0 Å². The van der Waals surface area contributed by atoms with E-state index in [-0.39, 0.29) is 5.91 Å². The summed E-state index contributed by atoms with van der Waals surface area (Å²) in [4.78, 5) is 21.0. The average Bonchev–Trinajstić information content (AvgIpc) is 3.15. The molecular weight excluding hydrogens is 348 g/mol. The highest BCUT2D eigenvalue weighted by molar-refractivity contribution is 5.88. The fourth-order valence-electron chi connectivity index (χ4n) is 5.29. The maximum absolute atomic E-state index is 13.5. The maximum Gasteiger partial charge on any atom is 0.241 e. The van der Waals surface area contributed by atoms with Gasteiger partial charge in [-0.2, -0.15) is 0 Å². The summed E-state index contributed by atoms with van der Waals surface area (Å²) in [5, 5.41) is 3.33. The van der Waals surface area contributed by atoms with Gasteiger partial charge in [0.15, 0.2) is 0 Å². The second kappa shape index (κ2) is 8.93. The van der Waals surface area contributed by atoms with Gasteiger partial charge in [-0.1, -0.05) is 37.6 Å². The standard InChI is InChI=1S/C23H36N4O/c1-2-25-14-16-27(17-15-25)23(18-20-8-4-5-9-21(20)19-23)22(28)24-10-13-26-11-6-3-7-12-26/h4-5,8-9H,2-3,6-7,10-19H2,1H3,(H,24,28). The molecule has 0 unspecified atom stereocenters. The van der Waals surface area contributed by atoms with Gasteiger partial charge in [-0.15, -0.1) is 0 Å². The van der Waals surface area contributed by atoms with E-state index in [0.29, 0.717) is 0 Å². The van der Waals surface area contributed by atoms with E-state index >= 15 is 0 Å². The smallest absolute Gasteiger partial charge is 0.241 e. The van der Waals surface area contributed by atoms with Crippen molar-refractivity contribution in [3.8, 4) is 0 Å². The van der Waals surface area contributed by atoms with Crippen LogP contribution >= 0.6 is 0 Å². The number of benzene rings is 1. The summed E-state index contributed by atoms with van der Waals surface area (Å²) < 4.78 is 0. The molecule has 0 spiro atoms. The Hall–Kier alpha value is -1.43. The molecular formula is C23H36N4O. The molecule has 3 aliphatic rings. The number of carbonyl (C=O) groups is 1. The third-order valence-corrected chi connectivity index (χ3v) is 7.09. The molecule has 28 heavy (non-hydrogen) atoms. The molecule has 1 N–H and O–H groups in total. The molecule has 154 valence electrons. The van der Waals surface area contributed by atoms with Gasteiger partial charge in [-0.3, -0.25) is 9.69 Å². The maximum atomic E-state index is 13.5. The minimum absolute atomic E-state index is 0.241. The minimum atomic E-state index is -0.397. The molecule has 2 fully saturated rings. The van der Waals surface area contributed by atoms with E-state index in [9.17, 15) is 4.79 Å². The fraction of sp³-hybridized carbons (Fsp3) is 0.696. The first-order valence-electron chi connectivity index (χ1n) is 11.3. The van der Waals surface area contributed by atoms with E-state index in [1.807, 2.05) is 0 Å². The van der Waals surface area contributed by atoms with E-state index in [0.717, 1.165) is 58.7 Å². The number of piperazine rings is 1. The molecule has 1 aromatic rings. The molecule has 0 aromatic heterocycles. The Morgan fingerprint density at radius 1 is 0.929 bits per heavy atom. The quantitative estimate of drug-likeness (QED) is 0.811. The Bertz CT molecular complexity index is 637. The van der Waals surface area contributed by atoms with Crippen LogP contribution in [0.2, 0.25) is 0 Å². The summed E-state index contributed by atoms with van der Waals surface area (Å²) in [7, 11) is 0. The Balaban J connectivity index is 1.43. The van der Waals surface area contributed by atoms with Crippen molar-refractivity contribution in [3.63, 3.8) is 0 Å². The topological polar surface area (TPSA) is 38.8 Å². The van der Waals surface area contributed by atoms with Gasteiger partial charge in [0.2, 0.25) is 5.91 Å². The van der Waals surface area contributed by atoms with Gasteiger partial charge in [-0.05, 0) is 43.6 Å². The lowest BCUT2D eigenvalue weighted by Crippen LogP contribution is -2.64. The molecule has 2 saturated heterocycles. The first kappa shape index (κ1) is 19.9. The Kier molecular flexibility index (Phi) is 6.34. The Morgan fingerprint density at radius 3 is 2.18 bits per heavy atom. The highest BCUT2D eigenvalue weighted by Crippen LogP contribution is 2.35. The zero-order valence-corrected chi connectivity index (χ0v) is 17.5. The zero-order valence-electron chi connectivity index (χ0n) is 17.5. The van der Waals surface area contributed by atoms with Crippen molar-refractivity contribution < 1.29 is 4.79 Å². The number of nitrogens with zero attached hydrogens (tertiary/aromatic N) is 3. The minimum Gasteiger partial charge on any atom is -0.353 e. The number of hydrogen-bond acceptors (Lipinski definition) is 4. The summed E-state index contributed by atoms with van der Waals surface area (Å²) in [6.45, 7) is 11.6. The van der Waals surface area contributed by atoms with Crippen LogP contribution in [-0.4, -0.2) is 85.0 Å². The summed E-state index contributed by atoms with van der Waals surface area (Å²) in [5.74, 6) is 0.241. The van der Waals surface area contributed by atoms with E-state index in [4.69, 9.17) is 0 Å². The number of hydrogen-bond donors (Lipinski definition) is 1. The predicted octanol–water partition coefficient (Wildman–Crippen LogP) is 1.76. The number of fused-ring (bicyclic) bond motifs is 1. The largest absolute Gasteiger partial charge is 0.353 e. The molecule has 5 nitrogen and oxygen atoms in total. The van der Waals surface area contributed by atoms with Crippen molar-refractivity contribution in [3.05, 3.63) is 35.4 Å². The summed E-state index contributed by atoms with van der Waals surface area (Å²) in [6.07, 6.45) is 5.66. The van der Waals surface area contributed by atoms with Crippen molar-refractivity contribution in [2.24, 2.45) is 0 Å². The van der Waals surface area contributed by atoms with Gasteiger partial charge < -0.3 is 15.1 Å². The van der Waals surface area contributed by atoms with Gasteiger partial charge in [-0.25, -0.2) is 0 Å². The summed E-state index contributed by atoms with van der Waals surface area (Å²) in [5.41, 5.74) is 2.31. The van der Waals surface area contributed by atoms with Crippen LogP contribution in [0.5, 0.6) is 0 Å². The molecule has 1 aromatic carbocycles. The lowest BCUT2D eigenvalue weighted by atomic mass is 9.91. The van der Waals surface area contributed by atoms with Crippen molar-refractivity contribution in [1.29, 1.82) is 0 Å². The third kappa shape index (κ3) is 4.12. The normalized spacial score (nSPS) is 23.5. The molecule has 0 atom stereocenters. The molecule has 1 aliphatic carbocycles. The van der Waals surface area contributed by atoms with Gasteiger partial charge in [0, 0.05) is 52.1 Å².